The maximum Gasteiger partial charge on any atom is 0.240 e. The van der Waals surface area contributed by atoms with Crippen LogP contribution in [0.3, 0.4) is 0 Å². The second kappa shape index (κ2) is 6.08. The van der Waals surface area contributed by atoms with Gasteiger partial charge in [0.15, 0.2) is 15.7 Å². The molecule has 0 aliphatic rings. The Morgan fingerprint density at radius 1 is 1.53 bits per heavy atom. The maximum absolute atomic E-state index is 11.3. The van der Waals surface area contributed by atoms with Gasteiger partial charge in [0.25, 0.3) is 0 Å². The predicted molar refractivity (Wildman–Crippen MR) is 61.1 cm³/mol. The van der Waals surface area contributed by atoms with Crippen LogP contribution in [-0.2, 0) is 21.1 Å². The summed E-state index contributed by atoms with van der Waals surface area (Å²) in [5.41, 5.74) is 0. The molecule has 1 aromatic heterocycles. The first-order valence-corrected chi connectivity index (χ1v) is 7.11. The summed E-state index contributed by atoms with van der Waals surface area (Å²) in [4.78, 5) is 4.01. The number of sulfone groups is 1. The molecule has 1 heterocycles. The summed E-state index contributed by atoms with van der Waals surface area (Å²) >= 11 is 0. The lowest BCUT2D eigenvalue weighted by atomic mass is 10.4. The minimum atomic E-state index is -3.20. The topological polar surface area (TPSA) is 94.3 Å². The van der Waals surface area contributed by atoms with Gasteiger partial charge < -0.3 is 14.6 Å². The zero-order valence-electron chi connectivity index (χ0n) is 10.1. The van der Waals surface area contributed by atoms with E-state index >= 15 is 0 Å². The van der Waals surface area contributed by atoms with Gasteiger partial charge in [0.2, 0.25) is 5.89 Å². The smallest absolute Gasteiger partial charge is 0.240 e. The Hall–Kier alpha value is -0.990. The van der Waals surface area contributed by atoms with Crippen molar-refractivity contribution in [3.63, 3.8) is 0 Å². The van der Waals surface area contributed by atoms with Gasteiger partial charge in [-0.1, -0.05) is 5.16 Å². The molecule has 0 saturated heterocycles. The van der Waals surface area contributed by atoms with Crippen LogP contribution in [0.25, 0.3) is 0 Å². The molecule has 0 aliphatic carbocycles. The minimum Gasteiger partial charge on any atom is -0.383 e. The van der Waals surface area contributed by atoms with Gasteiger partial charge in [-0.15, -0.1) is 0 Å². The van der Waals surface area contributed by atoms with E-state index in [-0.39, 0.29) is 5.82 Å². The summed E-state index contributed by atoms with van der Waals surface area (Å²) in [5, 5.41) is 5.92. The largest absolute Gasteiger partial charge is 0.383 e. The molecule has 0 aliphatic heterocycles. The molecule has 0 bridgehead atoms. The number of hydrogen-bond donors (Lipinski definition) is 1. The van der Waals surface area contributed by atoms with Crippen molar-refractivity contribution in [3.8, 4) is 0 Å². The summed E-state index contributed by atoms with van der Waals surface area (Å²) in [7, 11) is -1.59. The second-order valence-corrected chi connectivity index (χ2v) is 6.05. The Morgan fingerprint density at radius 2 is 2.24 bits per heavy atom. The Labute approximate surface area is 100 Å². The third-order valence-corrected chi connectivity index (χ3v) is 3.74. The zero-order valence-corrected chi connectivity index (χ0v) is 11.0. The highest BCUT2D eigenvalue weighted by atomic mass is 32.2. The van der Waals surface area contributed by atoms with E-state index in [2.05, 4.69) is 15.5 Å². The first kappa shape index (κ1) is 14.1. The normalized spacial score (nSPS) is 13.8. The van der Waals surface area contributed by atoms with Gasteiger partial charge >= 0.3 is 0 Å². The molecule has 0 spiro atoms. The molecule has 1 rings (SSSR count). The first-order chi connectivity index (χ1) is 7.95. The maximum atomic E-state index is 11.3. The van der Waals surface area contributed by atoms with Gasteiger partial charge in [-0.25, -0.2) is 8.42 Å². The van der Waals surface area contributed by atoms with Crippen molar-refractivity contribution < 1.29 is 17.7 Å². The molecular formula is C9H17N3O4S. The molecule has 1 atom stereocenters. The molecule has 1 N–H and O–H groups in total. The molecular weight excluding hydrogens is 246 g/mol. The summed E-state index contributed by atoms with van der Waals surface area (Å²) in [6, 6.07) is 0. The zero-order chi connectivity index (χ0) is 12.9. The van der Waals surface area contributed by atoms with Crippen molar-refractivity contribution in [1.82, 2.24) is 15.5 Å². The van der Waals surface area contributed by atoms with E-state index in [9.17, 15) is 8.42 Å². The third kappa shape index (κ3) is 4.41. The van der Waals surface area contributed by atoms with Crippen LogP contribution in [0.4, 0.5) is 0 Å². The number of methoxy groups -OCH3 is 1. The Balaban J connectivity index is 2.54. The van der Waals surface area contributed by atoms with E-state index < -0.39 is 15.1 Å². The SMILES string of the molecule is COCCNCc1nc(C(C)S(C)(=O)=O)no1. The average Bonchev–Trinajstić information content (AvgIpc) is 2.70. The van der Waals surface area contributed by atoms with Crippen molar-refractivity contribution in [3.05, 3.63) is 11.7 Å². The minimum absolute atomic E-state index is 0.191. The van der Waals surface area contributed by atoms with E-state index in [4.69, 9.17) is 9.26 Å². The number of nitrogens with one attached hydrogen (secondary N) is 1. The number of rotatable bonds is 7. The number of ether oxygens (including phenoxy) is 1. The lowest BCUT2D eigenvalue weighted by Crippen LogP contribution is -2.18. The fourth-order valence-electron chi connectivity index (χ4n) is 1.07. The van der Waals surface area contributed by atoms with E-state index in [0.717, 1.165) is 6.26 Å². The van der Waals surface area contributed by atoms with Crippen molar-refractivity contribution in [2.75, 3.05) is 26.5 Å². The van der Waals surface area contributed by atoms with E-state index in [1.165, 1.54) is 6.92 Å². The average molecular weight is 263 g/mol. The van der Waals surface area contributed by atoms with Crippen LogP contribution in [0.1, 0.15) is 23.9 Å². The van der Waals surface area contributed by atoms with Gasteiger partial charge in [0.1, 0.15) is 5.25 Å². The molecule has 98 valence electrons. The van der Waals surface area contributed by atoms with Gasteiger partial charge in [-0.2, -0.15) is 4.98 Å². The van der Waals surface area contributed by atoms with Crippen LogP contribution < -0.4 is 5.32 Å². The van der Waals surface area contributed by atoms with Crippen LogP contribution in [0.15, 0.2) is 4.52 Å². The quantitative estimate of drug-likeness (QED) is 0.687. The van der Waals surface area contributed by atoms with Gasteiger partial charge in [-0.3, -0.25) is 0 Å². The highest BCUT2D eigenvalue weighted by Gasteiger charge is 2.22. The molecule has 0 amide bonds. The van der Waals surface area contributed by atoms with E-state index in [0.29, 0.717) is 25.6 Å². The molecule has 0 fully saturated rings. The van der Waals surface area contributed by atoms with Gasteiger partial charge in [0.05, 0.1) is 13.2 Å². The number of hydrogen-bond acceptors (Lipinski definition) is 7. The van der Waals surface area contributed by atoms with Gasteiger partial charge in [-0.05, 0) is 6.92 Å². The van der Waals surface area contributed by atoms with Crippen LogP contribution in [0.5, 0.6) is 0 Å². The van der Waals surface area contributed by atoms with Crippen LogP contribution in [0.2, 0.25) is 0 Å². The van der Waals surface area contributed by atoms with E-state index in [1.807, 2.05) is 0 Å². The van der Waals surface area contributed by atoms with Crippen LogP contribution in [0, 0.1) is 0 Å². The number of nitrogens with zero attached hydrogens (tertiary/aromatic N) is 2. The lowest BCUT2D eigenvalue weighted by Gasteiger charge is -2.02. The van der Waals surface area contributed by atoms with Crippen molar-refractivity contribution in [1.29, 1.82) is 0 Å². The molecule has 17 heavy (non-hydrogen) atoms. The molecule has 0 saturated carbocycles. The van der Waals surface area contributed by atoms with Gasteiger partial charge in [0, 0.05) is 19.9 Å². The summed E-state index contributed by atoms with van der Waals surface area (Å²) in [6.45, 7) is 3.17. The summed E-state index contributed by atoms with van der Waals surface area (Å²) in [5.74, 6) is 0.558. The lowest BCUT2D eigenvalue weighted by molar-refractivity contribution is 0.197. The molecule has 8 heteroatoms. The fourth-order valence-corrected chi connectivity index (χ4v) is 1.54. The summed E-state index contributed by atoms with van der Waals surface area (Å²) in [6.07, 6.45) is 1.14. The Bertz CT molecular complexity index is 443. The van der Waals surface area contributed by atoms with Crippen molar-refractivity contribution >= 4 is 9.84 Å². The first-order valence-electron chi connectivity index (χ1n) is 5.16. The van der Waals surface area contributed by atoms with Crippen LogP contribution >= 0.6 is 0 Å². The van der Waals surface area contributed by atoms with E-state index in [1.54, 1.807) is 7.11 Å². The molecule has 1 unspecified atom stereocenters. The monoisotopic (exact) mass is 263 g/mol. The molecule has 1 aromatic rings. The second-order valence-electron chi connectivity index (χ2n) is 3.69. The highest BCUT2D eigenvalue weighted by molar-refractivity contribution is 7.90. The highest BCUT2D eigenvalue weighted by Crippen LogP contribution is 2.17. The Morgan fingerprint density at radius 3 is 2.82 bits per heavy atom. The molecule has 0 radical (unpaired) electrons. The fraction of sp³-hybridized carbons (Fsp3) is 0.778. The predicted octanol–water partition coefficient (Wildman–Crippen LogP) is -0.0888. The Kier molecular flexibility index (Phi) is 5.03. The van der Waals surface area contributed by atoms with Crippen molar-refractivity contribution in [2.24, 2.45) is 0 Å². The summed E-state index contributed by atoms with van der Waals surface area (Å²) < 4.78 is 32.4. The van der Waals surface area contributed by atoms with Crippen molar-refractivity contribution in [2.45, 2.75) is 18.7 Å². The number of aromatic nitrogens is 2. The third-order valence-electron chi connectivity index (χ3n) is 2.25. The molecule has 0 aromatic carbocycles. The van der Waals surface area contributed by atoms with Crippen LogP contribution in [-0.4, -0.2) is 45.1 Å². The standard InChI is InChI=1S/C9H17N3O4S/c1-7(17(3,13)14)9-11-8(16-12-9)6-10-4-5-15-2/h7,10H,4-6H2,1-3H3. The molecule has 7 nitrogen and oxygen atoms in total.